The molecular weight excluding hydrogens is 250 g/mol. The van der Waals surface area contributed by atoms with Crippen LogP contribution in [-0.4, -0.2) is 32.6 Å². The molecule has 1 atom stereocenters. The summed E-state index contributed by atoms with van der Waals surface area (Å²) in [5.41, 5.74) is 1.23. The highest BCUT2D eigenvalue weighted by molar-refractivity contribution is 5.99. The Morgan fingerprint density at radius 2 is 2.11 bits per heavy atom. The van der Waals surface area contributed by atoms with Crippen LogP contribution >= 0.6 is 0 Å². The Labute approximate surface area is 107 Å². The van der Waals surface area contributed by atoms with Crippen molar-refractivity contribution in [2.75, 3.05) is 0 Å². The Morgan fingerprint density at radius 1 is 1.42 bits per heavy atom. The fourth-order valence-electron chi connectivity index (χ4n) is 1.71. The van der Waals surface area contributed by atoms with Gasteiger partial charge < -0.3 is 15.4 Å². The van der Waals surface area contributed by atoms with Gasteiger partial charge in [0.1, 0.15) is 6.04 Å². The van der Waals surface area contributed by atoms with E-state index in [1.165, 1.54) is 23.6 Å². The maximum absolute atomic E-state index is 11.8. The first-order valence-corrected chi connectivity index (χ1v) is 5.62. The van der Waals surface area contributed by atoms with Crippen molar-refractivity contribution in [2.24, 2.45) is 7.05 Å². The van der Waals surface area contributed by atoms with E-state index in [0.29, 0.717) is 16.6 Å². The van der Waals surface area contributed by atoms with E-state index in [1.54, 1.807) is 13.1 Å². The molecule has 0 fully saturated rings. The third-order valence-corrected chi connectivity index (χ3v) is 2.89. The van der Waals surface area contributed by atoms with Crippen LogP contribution in [0.15, 0.2) is 23.0 Å². The Balaban J connectivity index is 2.35. The highest BCUT2D eigenvalue weighted by atomic mass is 16.4. The van der Waals surface area contributed by atoms with E-state index in [0.717, 1.165) is 0 Å². The number of aromatic nitrogens is 2. The summed E-state index contributed by atoms with van der Waals surface area (Å²) in [7, 11) is 1.59. The number of carbonyl (C=O) groups is 2. The second-order valence-corrected chi connectivity index (χ2v) is 4.25. The quantitative estimate of drug-likeness (QED) is 0.728. The lowest BCUT2D eigenvalue weighted by atomic mass is 10.1. The molecule has 0 saturated carbocycles. The highest BCUT2D eigenvalue weighted by Gasteiger charge is 2.16. The number of carbonyl (C=O) groups excluding carboxylic acids is 1. The zero-order chi connectivity index (χ0) is 14.2. The molecule has 1 aromatic heterocycles. The molecule has 1 amide bonds. The zero-order valence-corrected chi connectivity index (χ0v) is 10.4. The number of rotatable bonds is 3. The number of amides is 1. The van der Waals surface area contributed by atoms with E-state index in [1.807, 2.05) is 0 Å². The summed E-state index contributed by atoms with van der Waals surface area (Å²) in [5, 5.41) is 11.1. The van der Waals surface area contributed by atoms with Crippen molar-refractivity contribution in [3.05, 3.63) is 34.2 Å². The van der Waals surface area contributed by atoms with Crippen LogP contribution in [0.4, 0.5) is 0 Å². The van der Waals surface area contributed by atoms with Crippen LogP contribution in [-0.2, 0) is 11.8 Å². The van der Waals surface area contributed by atoms with E-state index in [9.17, 15) is 14.4 Å². The second kappa shape index (κ2) is 4.60. The van der Waals surface area contributed by atoms with Gasteiger partial charge in [0, 0.05) is 12.6 Å². The summed E-state index contributed by atoms with van der Waals surface area (Å²) >= 11 is 0. The molecule has 0 radical (unpaired) electrons. The summed E-state index contributed by atoms with van der Waals surface area (Å²) < 4.78 is 1.38. The van der Waals surface area contributed by atoms with Gasteiger partial charge in [0.05, 0.1) is 11.0 Å². The number of aryl methyl sites for hydroxylation is 1. The lowest BCUT2D eigenvalue weighted by molar-refractivity contribution is -0.138. The maximum atomic E-state index is 11.8. The van der Waals surface area contributed by atoms with Gasteiger partial charge in [-0.25, -0.2) is 4.79 Å². The van der Waals surface area contributed by atoms with Gasteiger partial charge in [-0.3, -0.25) is 14.2 Å². The van der Waals surface area contributed by atoms with Crippen molar-refractivity contribution >= 4 is 22.9 Å². The minimum Gasteiger partial charge on any atom is -0.480 e. The zero-order valence-electron chi connectivity index (χ0n) is 10.4. The van der Waals surface area contributed by atoms with Crippen molar-refractivity contribution in [2.45, 2.75) is 13.0 Å². The molecule has 2 rings (SSSR count). The van der Waals surface area contributed by atoms with E-state index in [4.69, 9.17) is 5.11 Å². The molecule has 0 bridgehead atoms. The molecule has 7 heteroatoms. The lowest BCUT2D eigenvalue weighted by Gasteiger charge is -2.09. The normalized spacial score (nSPS) is 12.3. The SMILES string of the molecule is C[C@@H](NC(=O)c1ccc2[nH]c(=O)n(C)c2c1)C(=O)O. The molecule has 0 saturated heterocycles. The van der Waals surface area contributed by atoms with E-state index in [2.05, 4.69) is 10.3 Å². The van der Waals surface area contributed by atoms with E-state index >= 15 is 0 Å². The molecule has 0 aliphatic heterocycles. The highest BCUT2D eigenvalue weighted by Crippen LogP contribution is 2.12. The molecule has 0 spiro atoms. The number of nitrogens with one attached hydrogen (secondary N) is 2. The molecule has 2 aromatic rings. The Hall–Kier alpha value is -2.57. The van der Waals surface area contributed by atoms with Crippen LogP contribution in [0, 0.1) is 0 Å². The van der Waals surface area contributed by atoms with Gasteiger partial charge in [0.15, 0.2) is 0 Å². The molecule has 7 nitrogen and oxygen atoms in total. The summed E-state index contributed by atoms with van der Waals surface area (Å²) in [6.07, 6.45) is 0. The van der Waals surface area contributed by atoms with Crippen LogP contribution in [0.2, 0.25) is 0 Å². The average molecular weight is 263 g/mol. The van der Waals surface area contributed by atoms with Gasteiger partial charge in [0.2, 0.25) is 0 Å². The molecule has 1 heterocycles. The average Bonchev–Trinajstić information content (AvgIpc) is 2.64. The largest absolute Gasteiger partial charge is 0.480 e. The number of carboxylic acid groups (broad SMARTS) is 1. The lowest BCUT2D eigenvalue weighted by Crippen LogP contribution is -2.38. The molecule has 19 heavy (non-hydrogen) atoms. The summed E-state index contributed by atoms with van der Waals surface area (Å²) in [4.78, 5) is 36.6. The Morgan fingerprint density at radius 3 is 2.74 bits per heavy atom. The van der Waals surface area contributed by atoms with E-state index < -0.39 is 17.9 Å². The van der Waals surface area contributed by atoms with Crippen LogP contribution in [0.5, 0.6) is 0 Å². The van der Waals surface area contributed by atoms with Crippen molar-refractivity contribution in [1.29, 1.82) is 0 Å². The molecule has 0 aliphatic carbocycles. The van der Waals surface area contributed by atoms with Gasteiger partial charge >= 0.3 is 11.7 Å². The number of H-pyrrole nitrogens is 1. The van der Waals surface area contributed by atoms with Crippen molar-refractivity contribution in [1.82, 2.24) is 14.9 Å². The van der Waals surface area contributed by atoms with Crippen LogP contribution in [0.3, 0.4) is 0 Å². The standard InChI is InChI=1S/C12H13N3O4/c1-6(11(17)18)13-10(16)7-3-4-8-9(5-7)15(2)12(19)14-8/h3-6H,1-2H3,(H,13,16)(H,14,19)(H,17,18)/t6-/m1/s1. The first-order chi connectivity index (χ1) is 8.90. The number of benzene rings is 1. The summed E-state index contributed by atoms with van der Waals surface area (Å²) in [6.45, 7) is 1.38. The van der Waals surface area contributed by atoms with Gasteiger partial charge in [-0.15, -0.1) is 0 Å². The number of hydrogen-bond acceptors (Lipinski definition) is 3. The number of fused-ring (bicyclic) bond motifs is 1. The van der Waals surface area contributed by atoms with Crippen molar-refractivity contribution in [3.8, 4) is 0 Å². The fraction of sp³-hybridized carbons (Fsp3) is 0.250. The molecule has 100 valence electrons. The minimum atomic E-state index is -1.11. The third kappa shape index (κ3) is 2.35. The molecule has 0 unspecified atom stereocenters. The first-order valence-electron chi connectivity index (χ1n) is 5.62. The van der Waals surface area contributed by atoms with Crippen molar-refractivity contribution in [3.63, 3.8) is 0 Å². The predicted octanol–water partition coefficient (Wildman–Crippen LogP) is 0.0695. The summed E-state index contributed by atoms with van der Waals surface area (Å²) in [5.74, 6) is -1.60. The summed E-state index contributed by atoms with van der Waals surface area (Å²) in [6, 6.07) is 3.70. The number of nitrogens with zero attached hydrogens (tertiary/aromatic N) is 1. The molecule has 0 aliphatic rings. The monoisotopic (exact) mass is 263 g/mol. The number of aromatic amines is 1. The Bertz CT molecular complexity index is 713. The van der Waals surface area contributed by atoms with Crippen LogP contribution in [0.25, 0.3) is 11.0 Å². The Kier molecular flexibility index (Phi) is 3.12. The smallest absolute Gasteiger partial charge is 0.326 e. The third-order valence-electron chi connectivity index (χ3n) is 2.89. The van der Waals surface area contributed by atoms with Gasteiger partial charge in [-0.05, 0) is 25.1 Å². The molecule has 3 N–H and O–H groups in total. The minimum absolute atomic E-state index is 0.272. The van der Waals surface area contributed by atoms with Crippen LogP contribution < -0.4 is 11.0 Å². The van der Waals surface area contributed by atoms with Gasteiger partial charge in [0.25, 0.3) is 5.91 Å². The van der Waals surface area contributed by atoms with Gasteiger partial charge in [-0.2, -0.15) is 0 Å². The van der Waals surface area contributed by atoms with Gasteiger partial charge in [-0.1, -0.05) is 0 Å². The fourth-order valence-corrected chi connectivity index (χ4v) is 1.71. The number of hydrogen-bond donors (Lipinski definition) is 3. The van der Waals surface area contributed by atoms with E-state index in [-0.39, 0.29) is 5.69 Å². The predicted molar refractivity (Wildman–Crippen MR) is 68.1 cm³/mol. The number of imidazole rings is 1. The number of aliphatic carboxylic acids is 1. The first kappa shape index (κ1) is 12.9. The number of carboxylic acids is 1. The topological polar surface area (TPSA) is 104 Å². The molecule has 1 aromatic carbocycles. The maximum Gasteiger partial charge on any atom is 0.326 e. The van der Waals surface area contributed by atoms with Crippen LogP contribution in [0.1, 0.15) is 17.3 Å². The van der Waals surface area contributed by atoms with Crippen molar-refractivity contribution < 1.29 is 14.7 Å². The molecular formula is C12H13N3O4. The second-order valence-electron chi connectivity index (χ2n) is 4.25.